The Hall–Kier alpha value is -1.94. The Kier molecular flexibility index (Phi) is 4.46. The SMILES string of the molecule is CCNCc1cnc(N2CCc3ccccc3CC2)nc1. The first-order valence-corrected chi connectivity index (χ1v) is 7.70. The maximum atomic E-state index is 4.53. The van der Waals surface area contributed by atoms with Crippen molar-refractivity contribution >= 4 is 5.95 Å². The molecule has 21 heavy (non-hydrogen) atoms. The number of anilines is 1. The highest BCUT2D eigenvalue weighted by atomic mass is 15.2. The summed E-state index contributed by atoms with van der Waals surface area (Å²) in [5, 5.41) is 3.29. The van der Waals surface area contributed by atoms with Crippen molar-refractivity contribution in [2.75, 3.05) is 24.5 Å². The molecular weight excluding hydrogens is 260 g/mol. The van der Waals surface area contributed by atoms with Gasteiger partial charge in [0.2, 0.25) is 5.95 Å². The van der Waals surface area contributed by atoms with E-state index >= 15 is 0 Å². The molecule has 0 fully saturated rings. The molecule has 1 aliphatic rings. The topological polar surface area (TPSA) is 41.1 Å². The second-order valence-corrected chi connectivity index (χ2v) is 5.43. The Morgan fingerprint density at radius 1 is 1.05 bits per heavy atom. The van der Waals surface area contributed by atoms with E-state index in [0.29, 0.717) is 0 Å². The van der Waals surface area contributed by atoms with Crippen LogP contribution in [0.25, 0.3) is 0 Å². The highest BCUT2D eigenvalue weighted by Crippen LogP contribution is 2.18. The lowest BCUT2D eigenvalue weighted by Crippen LogP contribution is -2.28. The van der Waals surface area contributed by atoms with Crippen LogP contribution in [-0.4, -0.2) is 29.6 Å². The summed E-state index contributed by atoms with van der Waals surface area (Å²) in [6.07, 6.45) is 6.00. The summed E-state index contributed by atoms with van der Waals surface area (Å²) >= 11 is 0. The van der Waals surface area contributed by atoms with Gasteiger partial charge < -0.3 is 10.2 Å². The van der Waals surface area contributed by atoms with Crippen LogP contribution in [0, 0.1) is 0 Å². The number of rotatable bonds is 4. The minimum Gasteiger partial charge on any atom is -0.340 e. The molecule has 0 aliphatic carbocycles. The van der Waals surface area contributed by atoms with Crippen LogP contribution < -0.4 is 10.2 Å². The molecule has 0 bridgehead atoms. The quantitative estimate of drug-likeness (QED) is 0.933. The molecule has 4 nitrogen and oxygen atoms in total. The van der Waals surface area contributed by atoms with Gasteiger partial charge in [0, 0.05) is 37.6 Å². The minimum absolute atomic E-state index is 0.836. The van der Waals surface area contributed by atoms with E-state index in [1.54, 1.807) is 0 Å². The van der Waals surface area contributed by atoms with E-state index in [9.17, 15) is 0 Å². The second kappa shape index (κ2) is 6.68. The summed E-state index contributed by atoms with van der Waals surface area (Å²) in [5.41, 5.74) is 4.06. The number of hydrogen-bond acceptors (Lipinski definition) is 4. The Labute approximate surface area is 126 Å². The molecule has 0 unspecified atom stereocenters. The van der Waals surface area contributed by atoms with Crippen LogP contribution >= 0.6 is 0 Å². The van der Waals surface area contributed by atoms with E-state index in [2.05, 4.69) is 51.4 Å². The molecule has 0 saturated heterocycles. The monoisotopic (exact) mass is 282 g/mol. The Balaban J connectivity index is 1.68. The first kappa shape index (κ1) is 14.0. The average Bonchev–Trinajstić information content (AvgIpc) is 2.76. The molecule has 1 aromatic heterocycles. The third-order valence-electron chi connectivity index (χ3n) is 3.97. The van der Waals surface area contributed by atoms with Gasteiger partial charge in [-0.25, -0.2) is 9.97 Å². The van der Waals surface area contributed by atoms with Gasteiger partial charge in [0.15, 0.2) is 0 Å². The van der Waals surface area contributed by atoms with Gasteiger partial charge in [-0.2, -0.15) is 0 Å². The number of nitrogens with one attached hydrogen (secondary N) is 1. The van der Waals surface area contributed by atoms with Crippen LogP contribution in [0.2, 0.25) is 0 Å². The molecule has 0 spiro atoms. The maximum absolute atomic E-state index is 4.53. The predicted octanol–water partition coefficient (Wildman–Crippen LogP) is 2.19. The molecule has 2 heterocycles. The van der Waals surface area contributed by atoms with E-state index in [4.69, 9.17) is 0 Å². The zero-order chi connectivity index (χ0) is 14.5. The first-order chi connectivity index (χ1) is 10.4. The largest absolute Gasteiger partial charge is 0.340 e. The molecule has 0 atom stereocenters. The van der Waals surface area contributed by atoms with Gasteiger partial charge in [-0.05, 0) is 30.5 Å². The summed E-state index contributed by atoms with van der Waals surface area (Å²) in [4.78, 5) is 11.4. The highest BCUT2D eigenvalue weighted by Gasteiger charge is 2.15. The average molecular weight is 282 g/mol. The van der Waals surface area contributed by atoms with Gasteiger partial charge in [0.1, 0.15) is 0 Å². The highest BCUT2D eigenvalue weighted by molar-refractivity contribution is 5.36. The third-order valence-corrected chi connectivity index (χ3v) is 3.97. The van der Waals surface area contributed by atoms with Gasteiger partial charge >= 0.3 is 0 Å². The fourth-order valence-electron chi connectivity index (χ4n) is 2.74. The van der Waals surface area contributed by atoms with E-state index in [1.165, 1.54) is 11.1 Å². The van der Waals surface area contributed by atoms with Crippen LogP contribution in [0.1, 0.15) is 23.6 Å². The van der Waals surface area contributed by atoms with Crippen molar-refractivity contribution in [2.24, 2.45) is 0 Å². The molecule has 0 saturated carbocycles. The van der Waals surface area contributed by atoms with E-state index in [-0.39, 0.29) is 0 Å². The van der Waals surface area contributed by atoms with Crippen molar-refractivity contribution in [3.8, 4) is 0 Å². The lowest BCUT2D eigenvalue weighted by atomic mass is 10.0. The molecule has 0 radical (unpaired) electrons. The van der Waals surface area contributed by atoms with Gasteiger partial charge in [0.05, 0.1) is 0 Å². The van der Waals surface area contributed by atoms with Crippen molar-refractivity contribution in [1.29, 1.82) is 0 Å². The lowest BCUT2D eigenvalue weighted by Gasteiger charge is -2.20. The van der Waals surface area contributed by atoms with Crippen LogP contribution in [-0.2, 0) is 19.4 Å². The van der Waals surface area contributed by atoms with E-state index < -0.39 is 0 Å². The van der Waals surface area contributed by atoms with Gasteiger partial charge in [-0.3, -0.25) is 0 Å². The second-order valence-electron chi connectivity index (χ2n) is 5.43. The summed E-state index contributed by atoms with van der Waals surface area (Å²) < 4.78 is 0. The standard InChI is InChI=1S/C17H22N4/c1-2-18-11-14-12-19-17(20-13-14)21-9-7-15-5-3-4-6-16(15)8-10-21/h3-6,12-13,18H,2,7-11H2,1H3. The molecule has 0 amide bonds. The number of fused-ring (bicyclic) bond motifs is 1. The van der Waals surface area contributed by atoms with Crippen molar-refractivity contribution in [2.45, 2.75) is 26.3 Å². The van der Waals surface area contributed by atoms with Crippen LogP contribution in [0.4, 0.5) is 5.95 Å². The molecule has 110 valence electrons. The van der Waals surface area contributed by atoms with E-state index in [1.807, 2.05) is 12.4 Å². The Morgan fingerprint density at radius 2 is 1.67 bits per heavy atom. The molecule has 2 aromatic rings. The minimum atomic E-state index is 0.836. The number of nitrogens with zero attached hydrogens (tertiary/aromatic N) is 3. The van der Waals surface area contributed by atoms with Crippen LogP contribution in [0.5, 0.6) is 0 Å². The molecule has 1 aromatic carbocycles. The zero-order valence-electron chi connectivity index (χ0n) is 12.5. The smallest absolute Gasteiger partial charge is 0.225 e. The summed E-state index contributed by atoms with van der Waals surface area (Å²) in [7, 11) is 0. The fraction of sp³-hybridized carbons (Fsp3) is 0.412. The number of aromatic nitrogens is 2. The maximum Gasteiger partial charge on any atom is 0.225 e. The van der Waals surface area contributed by atoms with Crippen LogP contribution in [0.3, 0.4) is 0 Å². The van der Waals surface area contributed by atoms with Gasteiger partial charge in [0.25, 0.3) is 0 Å². The normalized spacial score (nSPS) is 14.6. The Morgan fingerprint density at radius 3 is 2.24 bits per heavy atom. The van der Waals surface area contributed by atoms with Crippen LogP contribution in [0.15, 0.2) is 36.7 Å². The van der Waals surface area contributed by atoms with Crippen molar-refractivity contribution in [1.82, 2.24) is 15.3 Å². The number of benzene rings is 1. The lowest BCUT2D eigenvalue weighted by molar-refractivity contribution is 0.716. The summed E-state index contributed by atoms with van der Waals surface area (Å²) in [6.45, 7) is 5.88. The van der Waals surface area contributed by atoms with Gasteiger partial charge in [-0.15, -0.1) is 0 Å². The van der Waals surface area contributed by atoms with Crippen molar-refractivity contribution < 1.29 is 0 Å². The summed E-state index contributed by atoms with van der Waals surface area (Å²) in [5.74, 6) is 0.850. The molecule has 4 heteroatoms. The number of hydrogen-bond donors (Lipinski definition) is 1. The first-order valence-electron chi connectivity index (χ1n) is 7.70. The van der Waals surface area contributed by atoms with Gasteiger partial charge in [-0.1, -0.05) is 31.2 Å². The predicted molar refractivity (Wildman–Crippen MR) is 85.5 cm³/mol. The molecule has 3 rings (SSSR count). The fourth-order valence-corrected chi connectivity index (χ4v) is 2.74. The molecule has 1 N–H and O–H groups in total. The van der Waals surface area contributed by atoms with Crippen molar-refractivity contribution in [3.05, 3.63) is 53.3 Å². The Bertz CT molecular complexity index is 553. The van der Waals surface area contributed by atoms with E-state index in [0.717, 1.165) is 50.5 Å². The zero-order valence-corrected chi connectivity index (χ0v) is 12.5. The van der Waals surface area contributed by atoms with Crippen molar-refractivity contribution in [3.63, 3.8) is 0 Å². The molecular formula is C17H22N4. The molecule has 1 aliphatic heterocycles. The third kappa shape index (κ3) is 3.39. The summed E-state index contributed by atoms with van der Waals surface area (Å²) in [6, 6.07) is 8.72.